The number of nitrogens with zero attached hydrogens (tertiary/aromatic N) is 2. The van der Waals surface area contributed by atoms with Gasteiger partial charge in [0, 0.05) is 17.5 Å². The van der Waals surface area contributed by atoms with E-state index in [4.69, 9.17) is 10.5 Å². The first-order valence-electron chi connectivity index (χ1n) is 16.4. The summed E-state index contributed by atoms with van der Waals surface area (Å²) >= 11 is 0. The van der Waals surface area contributed by atoms with Gasteiger partial charge in [-0.15, -0.1) is 0 Å². The maximum absolute atomic E-state index is 14.6. The first kappa shape index (κ1) is 33.3. The number of fused-ring (bicyclic) bond motifs is 1. The van der Waals surface area contributed by atoms with Crippen molar-refractivity contribution in [3.8, 4) is 11.5 Å². The van der Waals surface area contributed by atoms with E-state index in [-0.39, 0.29) is 30.8 Å². The minimum Gasteiger partial charge on any atom is -0.457 e. The van der Waals surface area contributed by atoms with Gasteiger partial charge in [-0.3, -0.25) is 14.4 Å². The molecule has 0 spiro atoms. The van der Waals surface area contributed by atoms with E-state index in [9.17, 15) is 14.4 Å². The number of amides is 3. The maximum atomic E-state index is 14.6. The van der Waals surface area contributed by atoms with Gasteiger partial charge < -0.3 is 25.6 Å². The van der Waals surface area contributed by atoms with Gasteiger partial charge in [0.25, 0.3) is 5.91 Å². The molecule has 5 rings (SSSR count). The summed E-state index contributed by atoms with van der Waals surface area (Å²) in [5, 5.41) is 3.10. The van der Waals surface area contributed by atoms with Gasteiger partial charge >= 0.3 is 0 Å². The number of benzene rings is 4. The molecule has 0 radical (unpaired) electrons. The van der Waals surface area contributed by atoms with Crippen LogP contribution in [0.15, 0.2) is 109 Å². The molecule has 0 fully saturated rings. The van der Waals surface area contributed by atoms with Gasteiger partial charge in [-0.25, -0.2) is 0 Å². The van der Waals surface area contributed by atoms with Crippen LogP contribution in [0.25, 0.3) is 0 Å². The number of ether oxygens (including phenoxy) is 1. The standard InChI is InChI=1S/C39H44N4O4/c1-4-14-32(37(40)44)33(23-27(2)3)38(45)41-34-26-42(29-16-7-5-8-17-29)35-21-11-12-22-36(35)43(39(34)46)25-28-15-13-20-31(24-28)47-30-18-9-6-10-19-30/h5-13,15-22,24,27,32-34H,4,14,23,25-26H2,1-3H3,(H2,40,44)(H,41,45). The third kappa shape index (κ3) is 8.19. The Kier molecular flexibility index (Phi) is 10.9. The molecule has 4 aromatic carbocycles. The van der Waals surface area contributed by atoms with Crippen molar-refractivity contribution in [3.63, 3.8) is 0 Å². The largest absolute Gasteiger partial charge is 0.457 e. The molecule has 1 heterocycles. The topological polar surface area (TPSA) is 105 Å². The Bertz CT molecular complexity index is 1660. The number of rotatable bonds is 13. The van der Waals surface area contributed by atoms with Gasteiger partial charge in [-0.05, 0) is 72.9 Å². The molecule has 0 aromatic heterocycles. The van der Waals surface area contributed by atoms with E-state index >= 15 is 0 Å². The Hall–Kier alpha value is -5.11. The van der Waals surface area contributed by atoms with Crippen LogP contribution in [0.1, 0.15) is 45.6 Å². The monoisotopic (exact) mass is 632 g/mol. The van der Waals surface area contributed by atoms with Crippen molar-refractivity contribution in [3.05, 3.63) is 115 Å². The predicted molar refractivity (Wildman–Crippen MR) is 187 cm³/mol. The summed E-state index contributed by atoms with van der Waals surface area (Å²) in [6.07, 6.45) is 1.71. The molecule has 3 unspecified atom stereocenters. The molecule has 8 heteroatoms. The number of nitrogens with one attached hydrogen (secondary N) is 1. The molecule has 3 atom stereocenters. The highest BCUT2D eigenvalue weighted by molar-refractivity contribution is 6.04. The molecule has 3 amide bonds. The average Bonchev–Trinajstić information content (AvgIpc) is 3.18. The van der Waals surface area contributed by atoms with Crippen molar-refractivity contribution >= 4 is 34.8 Å². The van der Waals surface area contributed by atoms with Gasteiger partial charge in [-0.1, -0.05) is 87.9 Å². The minimum absolute atomic E-state index is 0.154. The van der Waals surface area contributed by atoms with Crippen molar-refractivity contribution in [2.45, 2.75) is 52.6 Å². The van der Waals surface area contributed by atoms with Gasteiger partial charge in [0.1, 0.15) is 17.5 Å². The summed E-state index contributed by atoms with van der Waals surface area (Å²) in [5.41, 5.74) is 9.18. The molecule has 0 aliphatic carbocycles. The molecule has 8 nitrogen and oxygen atoms in total. The van der Waals surface area contributed by atoms with Crippen LogP contribution in [0.5, 0.6) is 11.5 Å². The van der Waals surface area contributed by atoms with E-state index in [1.165, 1.54) is 0 Å². The second-order valence-electron chi connectivity index (χ2n) is 12.5. The average molecular weight is 633 g/mol. The third-order valence-corrected chi connectivity index (χ3v) is 8.51. The van der Waals surface area contributed by atoms with Crippen LogP contribution >= 0.6 is 0 Å². The molecule has 4 aromatic rings. The molecule has 1 aliphatic heterocycles. The number of hydrogen-bond acceptors (Lipinski definition) is 5. The second kappa shape index (κ2) is 15.5. The lowest BCUT2D eigenvalue weighted by Gasteiger charge is -2.30. The van der Waals surface area contributed by atoms with Gasteiger partial charge in [-0.2, -0.15) is 0 Å². The highest BCUT2D eigenvalue weighted by atomic mass is 16.5. The predicted octanol–water partition coefficient (Wildman–Crippen LogP) is 7.21. The van der Waals surface area contributed by atoms with E-state index in [1.807, 2.05) is 130 Å². The maximum Gasteiger partial charge on any atom is 0.251 e. The lowest BCUT2D eigenvalue weighted by molar-refractivity contribution is -0.136. The normalized spacial score (nSPS) is 15.8. The fraction of sp³-hybridized carbons (Fsp3) is 0.308. The van der Waals surface area contributed by atoms with Crippen LogP contribution in [-0.4, -0.2) is 30.3 Å². The molecule has 244 valence electrons. The fourth-order valence-electron chi connectivity index (χ4n) is 6.32. The SMILES string of the molecule is CCCC(C(N)=O)C(CC(C)C)C(=O)NC1CN(c2ccccc2)c2ccccc2N(Cc2cccc(Oc3ccccc3)c2)C1=O. The van der Waals surface area contributed by atoms with E-state index in [2.05, 4.69) is 10.2 Å². The molecule has 3 N–H and O–H groups in total. The number of primary amides is 1. The molecule has 0 saturated carbocycles. The first-order chi connectivity index (χ1) is 22.7. The minimum atomic E-state index is -0.899. The second-order valence-corrected chi connectivity index (χ2v) is 12.5. The van der Waals surface area contributed by atoms with E-state index < -0.39 is 23.8 Å². The van der Waals surface area contributed by atoms with Crippen molar-refractivity contribution in [1.29, 1.82) is 0 Å². The van der Waals surface area contributed by atoms with Crippen molar-refractivity contribution in [1.82, 2.24) is 5.32 Å². The Labute approximate surface area is 277 Å². The van der Waals surface area contributed by atoms with Crippen LogP contribution < -0.4 is 25.6 Å². The van der Waals surface area contributed by atoms with Crippen LogP contribution in [0.4, 0.5) is 17.1 Å². The summed E-state index contributed by atoms with van der Waals surface area (Å²) < 4.78 is 6.09. The lowest BCUT2D eigenvalue weighted by atomic mass is 9.81. The number of carbonyl (C=O) groups is 3. The van der Waals surface area contributed by atoms with Crippen LogP contribution in [0, 0.1) is 17.8 Å². The molecule has 1 aliphatic rings. The van der Waals surface area contributed by atoms with Gasteiger partial charge in [0.15, 0.2) is 0 Å². The lowest BCUT2D eigenvalue weighted by Crippen LogP contribution is -2.54. The number of carbonyl (C=O) groups excluding carboxylic acids is 3. The van der Waals surface area contributed by atoms with Crippen molar-refractivity contribution in [2.24, 2.45) is 23.5 Å². The van der Waals surface area contributed by atoms with Crippen LogP contribution in [0.3, 0.4) is 0 Å². The number of hydrogen-bond donors (Lipinski definition) is 2. The molecule has 0 saturated heterocycles. The van der Waals surface area contributed by atoms with Crippen LogP contribution in [-0.2, 0) is 20.9 Å². The summed E-state index contributed by atoms with van der Waals surface area (Å²) in [6.45, 7) is 6.48. The Balaban J connectivity index is 1.52. The number of nitrogens with two attached hydrogens (primary N) is 1. The zero-order valence-electron chi connectivity index (χ0n) is 27.3. The Morgan fingerprint density at radius 3 is 2.15 bits per heavy atom. The zero-order chi connectivity index (χ0) is 33.3. The summed E-state index contributed by atoms with van der Waals surface area (Å²) in [4.78, 5) is 45.1. The molecular weight excluding hydrogens is 588 g/mol. The van der Waals surface area contributed by atoms with Crippen molar-refractivity contribution in [2.75, 3.05) is 16.3 Å². The van der Waals surface area contributed by atoms with Gasteiger partial charge in [0.2, 0.25) is 11.8 Å². The summed E-state index contributed by atoms with van der Waals surface area (Å²) in [6, 6.07) is 34.0. The Morgan fingerprint density at radius 2 is 1.49 bits per heavy atom. The zero-order valence-corrected chi connectivity index (χ0v) is 27.3. The Morgan fingerprint density at radius 1 is 0.851 bits per heavy atom. The van der Waals surface area contributed by atoms with Gasteiger partial charge in [0.05, 0.1) is 24.5 Å². The fourth-order valence-corrected chi connectivity index (χ4v) is 6.32. The molecule has 47 heavy (non-hydrogen) atoms. The van der Waals surface area contributed by atoms with E-state index in [1.54, 1.807) is 4.90 Å². The summed E-state index contributed by atoms with van der Waals surface area (Å²) in [7, 11) is 0. The quantitative estimate of drug-likeness (QED) is 0.162. The van der Waals surface area contributed by atoms with Crippen molar-refractivity contribution < 1.29 is 19.1 Å². The molecular formula is C39H44N4O4. The smallest absolute Gasteiger partial charge is 0.251 e. The van der Waals surface area contributed by atoms with Crippen LogP contribution in [0.2, 0.25) is 0 Å². The highest BCUT2D eigenvalue weighted by Gasteiger charge is 2.39. The van der Waals surface area contributed by atoms with E-state index in [0.717, 1.165) is 34.8 Å². The molecule has 0 bridgehead atoms. The first-order valence-corrected chi connectivity index (χ1v) is 16.4. The number of anilines is 3. The van der Waals surface area contributed by atoms with E-state index in [0.29, 0.717) is 18.6 Å². The number of para-hydroxylation sites is 4. The summed E-state index contributed by atoms with van der Waals surface area (Å²) in [5.74, 6) is -0.788. The highest BCUT2D eigenvalue weighted by Crippen LogP contribution is 2.38. The third-order valence-electron chi connectivity index (χ3n) is 8.51.